The van der Waals surface area contributed by atoms with E-state index in [1.54, 1.807) is 4.68 Å². The number of anilines is 1. The fourth-order valence-electron chi connectivity index (χ4n) is 4.43. The maximum atomic E-state index is 12.3. The molecule has 1 N–H and O–H groups in total. The van der Waals surface area contributed by atoms with Crippen LogP contribution in [0.15, 0.2) is 6.07 Å². The van der Waals surface area contributed by atoms with Crippen molar-refractivity contribution in [1.29, 1.82) is 0 Å². The number of nitrogens with zero attached hydrogens (tertiary/aromatic N) is 3. The molecule has 6 heteroatoms. The molecule has 1 aromatic rings. The van der Waals surface area contributed by atoms with Crippen LogP contribution in [0.25, 0.3) is 0 Å². The molecule has 122 valence electrons. The van der Waals surface area contributed by atoms with Crippen LogP contribution in [0.3, 0.4) is 0 Å². The molecule has 0 bridgehead atoms. The number of fused-ring (bicyclic) bond motifs is 1. The minimum absolute atomic E-state index is 0.00339. The lowest BCUT2D eigenvalue weighted by Crippen LogP contribution is -2.66. The van der Waals surface area contributed by atoms with E-state index >= 15 is 0 Å². The highest BCUT2D eigenvalue weighted by Crippen LogP contribution is 2.54. The summed E-state index contributed by atoms with van der Waals surface area (Å²) in [5.41, 5.74) is 1.01. The fraction of sp³-hybridized carbons (Fsp3) is 0.750. The maximum absolute atomic E-state index is 12.3. The summed E-state index contributed by atoms with van der Waals surface area (Å²) in [4.78, 5) is 14.5. The number of hydrogen-bond donors (Lipinski definition) is 1. The normalized spacial score (nSPS) is 29.3. The average molecular weight is 306 g/mol. The van der Waals surface area contributed by atoms with Gasteiger partial charge in [0.05, 0.1) is 18.3 Å². The van der Waals surface area contributed by atoms with Gasteiger partial charge in [0.1, 0.15) is 5.82 Å². The van der Waals surface area contributed by atoms with Crippen LogP contribution in [-0.2, 0) is 16.6 Å². The third kappa shape index (κ3) is 2.44. The molecular formula is C16H26N4O2. The molecule has 6 nitrogen and oxygen atoms in total. The molecule has 2 aliphatic rings. The predicted octanol–water partition coefficient (Wildman–Crippen LogP) is 1.41. The Labute approximate surface area is 131 Å². The molecule has 0 aromatic carbocycles. The molecule has 22 heavy (non-hydrogen) atoms. The molecule has 1 aliphatic carbocycles. The van der Waals surface area contributed by atoms with Crippen molar-refractivity contribution in [2.24, 2.45) is 18.4 Å². The molecule has 1 saturated carbocycles. The quantitative estimate of drug-likeness (QED) is 0.914. The molecule has 1 amide bonds. The molecule has 3 rings (SSSR count). The van der Waals surface area contributed by atoms with E-state index in [2.05, 4.69) is 29.2 Å². The van der Waals surface area contributed by atoms with Crippen molar-refractivity contribution in [3.05, 3.63) is 11.8 Å². The van der Waals surface area contributed by atoms with Crippen LogP contribution < -0.4 is 5.32 Å². The lowest BCUT2D eigenvalue weighted by Gasteiger charge is -2.57. The Kier molecular flexibility index (Phi) is 3.77. The smallest absolute Gasteiger partial charge is 0.239 e. The summed E-state index contributed by atoms with van der Waals surface area (Å²) in [6.45, 7) is 7.64. The second-order valence-electron chi connectivity index (χ2n) is 7.27. The first kappa shape index (κ1) is 15.5. The summed E-state index contributed by atoms with van der Waals surface area (Å²) in [6, 6.07) is 2.28. The van der Waals surface area contributed by atoms with Gasteiger partial charge in [0.15, 0.2) is 0 Å². The Morgan fingerprint density at radius 2 is 2.32 bits per heavy atom. The Bertz CT molecular complexity index is 581. The van der Waals surface area contributed by atoms with Crippen LogP contribution in [0.4, 0.5) is 5.82 Å². The summed E-state index contributed by atoms with van der Waals surface area (Å²) in [5, 5.41) is 7.18. The second kappa shape index (κ2) is 5.35. The van der Waals surface area contributed by atoms with E-state index in [9.17, 15) is 4.79 Å². The molecule has 0 unspecified atom stereocenters. The Hall–Kier alpha value is -1.40. The first-order chi connectivity index (χ1) is 10.3. The van der Waals surface area contributed by atoms with Crippen LogP contribution >= 0.6 is 0 Å². The number of likely N-dealkylation sites (N-methyl/N-ethyl adjacent to an activating group) is 1. The average Bonchev–Trinajstić information content (AvgIpc) is 2.94. The molecule has 0 radical (unpaired) electrons. The van der Waals surface area contributed by atoms with Crippen molar-refractivity contribution >= 4 is 11.7 Å². The minimum Gasteiger partial charge on any atom is -0.377 e. The van der Waals surface area contributed by atoms with Gasteiger partial charge in [-0.2, -0.15) is 5.10 Å². The van der Waals surface area contributed by atoms with E-state index in [1.165, 1.54) is 0 Å². The summed E-state index contributed by atoms with van der Waals surface area (Å²) in [5.74, 6) is 1.31. The van der Waals surface area contributed by atoms with Crippen LogP contribution in [0.5, 0.6) is 0 Å². The minimum atomic E-state index is 0.00339. The molecule has 3 atom stereocenters. The number of carbonyl (C=O) groups excluding carboxylic acids is 1. The van der Waals surface area contributed by atoms with Crippen molar-refractivity contribution in [1.82, 2.24) is 14.7 Å². The van der Waals surface area contributed by atoms with Crippen molar-refractivity contribution in [3.8, 4) is 0 Å². The van der Waals surface area contributed by atoms with Gasteiger partial charge in [0.25, 0.3) is 0 Å². The van der Waals surface area contributed by atoms with E-state index in [4.69, 9.17) is 4.74 Å². The number of ether oxygens (including phenoxy) is 1. The zero-order valence-electron chi connectivity index (χ0n) is 14.1. The Morgan fingerprint density at radius 1 is 1.59 bits per heavy atom. The first-order valence-corrected chi connectivity index (χ1v) is 7.93. The monoisotopic (exact) mass is 306 g/mol. The number of hydrogen-bond acceptors (Lipinski definition) is 4. The Balaban J connectivity index is 1.61. The molecule has 1 saturated heterocycles. The van der Waals surface area contributed by atoms with Crippen molar-refractivity contribution in [2.75, 3.05) is 25.5 Å². The largest absolute Gasteiger partial charge is 0.377 e. The summed E-state index contributed by atoms with van der Waals surface area (Å²) in [6.07, 6.45) is 1.45. The topological polar surface area (TPSA) is 59.4 Å². The second-order valence-corrected chi connectivity index (χ2v) is 7.27. The molecule has 2 heterocycles. The van der Waals surface area contributed by atoms with E-state index < -0.39 is 0 Å². The predicted molar refractivity (Wildman–Crippen MR) is 84.6 cm³/mol. The first-order valence-electron chi connectivity index (χ1n) is 7.93. The van der Waals surface area contributed by atoms with Gasteiger partial charge in [-0.15, -0.1) is 0 Å². The number of aryl methyl sites for hydroxylation is 2. The van der Waals surface area contributed by atoms with Gasteiger partial charge in [-0.05, 0) is 20.4 Å². The SMILES string of the molecule is Cc1cc(NC(=O)CN(C)[C@@H]2[C@H]3CCO[C@H]3C2(C)C)n(C)n1. The number of aromatic nitrogens is 2. The van der Waals surface area contributed by atoms with Crippen LogP contribution in [0.1, 0.15) is 26.0 Å². The van der Waals surface area contributed by atoms with Gasteiger partial charge < -0.3 is 10.1 Å². The van der Waals surface area contributed by atoms with Crippen LogP contribution in [0.2, 0.25) is 0 Å². The molecule has 1 aliphatic heterocycles. The summed E-state index contributed by atoms with van der Waals surface area (Å²) in [7, 11) is 3.87. The number of amides is 1. The van der Waals surface area contributed by atoms with E-state index in [1.807, 2.05) is 27.1 Å². The third-order valence-corrected chi connectivity index (χ3v) is 5.18. The highest BCUT2D eigenvalue weighted by Gasteiger charge is 2.60. The third-order valence-electron chi connectivity index (χ3n) is 5.18. The van der Waals surface area contributed by atoms with Gasteiger partial charge in [-0.1, -0.05) is 13.8 Å². The Morgan fingerprint density at radius 3 is 2.95 bits per heavy atom. The van der Waals surface area contributed by atoms with Gasteiger partial charge in [0.2, 0.25) is 5.91 Å². The highest BCUT2D eigenvalue weighted by molar-refractivity contribution is 5.91. The van der Waals surface area contributed by atoms with E-state index in [0.717, 1.165) is 24.5 Å². The van der Waals surface area contributed by atoms with Gasteiger partial charge in [0, 0.05) is 37.1 Å². The number of rotatable bonds is 4. The summed E-state index contributed by atoms with van der Waals surface area (Å²) >= 11 is 0. The molecule has 1 aromatic heterocycles. The summed E-state index contributed by atoms with van der Waals surface area (Å²) < 4.78 is 7.52. The van der Waals surface area contributed by atoms with E-state index in [-0.39, 0.29) is 11.3 Å². The lowest BCUT2D eigenvalue weighted by molar-refractivity contribution is -0.152. The van der Waals surface area contributed by atoms with Crippen molar-refractivity contribution in [3.63, 3.8) is 0 Å². The maximum Gasteiger partial charge on any atom is 0.239 e. The van der Waals surface area contributed by atoms with Gasteiger partial charge in [-0.3, -0.25) is 14.4 Å². The fourth-order valence-corrected chi connectivity index (χ4v) is 4.43. The zero-order chi connectivity index (χ0) is 16.1. The van der Waals surface area contributed by atoms with Crippen molar-refractivity contribution < 1.29 is 9.53 Å². The zero-order valence-corrected chi connectivity index (χ0v) is 14.1. The molecular weight excluding hydrogens is 280 g/mol. The van der Waals surface area contributed by atoms with Gasteiger partial charge in [-0.25, -0.2) is 0 Å². The lowest BCUT2D eigenvalue weighted by atomic mass is 9.57. The standard InChI is InChI=1S/C16H26N4O2/c1-10-8-12(20(5)18-10)17-13(21)9-19(4)14-11-6-7-22-15(11)16(14,2)3/h8,11,14-15H,6-7,9H2,1-5H3,(H,17,21)/t11-,14-,15-/m1/s1. The molecule has 2 fully saturated rings. The highest BCUT2D eigenvalue weighted by atomic mass is 16.5. The number of nitrogens with one attached hydrogen (secondary N) is 1. The van der Waals surface area contributed by atoms with Crippen molar-refractivity contribution in [2.45, 2.75) is 39.3 Å². The van der Waals surface area contributed by atoms with Crippen LogP contribution in [-0.4, -0.2) is 52.9 Å². The molecule has 0 spiro atoms. The van der Waals surface area contributed by atoms with Gasteiger partial charge >= 0.3 is 0 Å². The van der Waals surface area contributed by atoms with Crippen LogP contribution in [0, 0.1) is 18.3 Å². The number of carbonyl (C=O) groups is 1. The van der Waals surface area contributed by atoms with E-state index in [0.29, 0.717) is 24.6 Å².